The van der Waals surface area contributed by atoms with E-state index in [1.807, 2.05) is 0 Å². The third-order valence-electron chi connectivity index (χ3n) is 8.44. The minimum atomic E-state index is -4.58. The van der Waals surface area contributed by atoms with E-state index in [4.69, 9.17) is 23.5 Å². The lowest BCUT2D eigenvalue weighted by Gasteiger charge is -2.40. The van der Waals surface area contributed by atoms with Gasteiger partial charge in [-0.2, -0.15) is 8.42 Å². The summed E-state index contributed by atoms with van der Waals surface area (Å²) in [7, 11) is -4.58. The highest BCUT2D eigenvalue weighted by atomic mass is 32.2. The molecule has 1 heterocycles. The van der Waals surface area contributed by atoms with Gasteiger partial charge in [0.15, 0.2) is 12.4 Å². The maximum atomic E-state index is 12.5. The molecule has 1 aliphatic rings. The number of hydrogen-bond acceptors (Lipinski definition) is 11. The fourth-order valence-electron chi connectivity index (χ4n) is 5.56. The molecule has 0 spiro atoms. The smallest absolute Gasteiger partial charge is 0.306 e. The highest BCUT2D eigenvalue weighted by Crippen LogP contribution is 2.24. The van der Waals surface area contributed by atoms with Crippen molar-refractivity contribution < 1.29 is 56.8 Å². The summed E-state index contributed by atoms with van der Waals surface area (Å²) in [6.45, 7) is 3.65. The first-order valence-electron chi connectivity index (χ1n) is 18.1. The summed E-state index contributed by atoms with van der Waals surface area (Å²) in [6, 6.07) is 0. The zero-order valence-electron chi connectivity index (χ0n) is 28.9. The number of ether oxygens (including phenoxy) is 4. The minimum Gasteiger partial charge on any atom is -0.462 e. The number of carbonyl (C=O) groups is 2. The first-order chi connectivity index (χ1) is 22.5. The monoisotopic (exact) mass is 696 g/mol. The van der Waals surface area contributed by atoms with Gasteiger partial charge in [0.1, 0.15) is 36.8 Å². The molecule has 1 fully saturated rings. The third-order valence-corrected chi connectivity index (χ3v) is 9.19. The van der Waals surface area contributed by atoms with Gasteiger partial charge in [-0.3, -0.25) is 14.1 Å². The van der Waals surface area contributed by atoms with Crippen LogP contribution in [-0.4, -0.2) is 96.0 Å². The fourth-order valence-corrected chi connectivity index (χ4v) is 6.25. The normalized spacial score (nSPS) is 22.2. The van der Waals surface area contributed by atoms with Crippen molar-refractivity contribution in [3.8, 4) is 0 Å². The van der Waals surface area contributed by atoms with E-state index < -0.39 is 71.2 Å². The van der Waals surface area contributed by atoms with E-state index in [0.717, 1.165) is 51.4 Å². The third kappa shape index (κ3) is 22.1. The molecule has 4 N–H and O–H groups in total. The fraction of sp³-hybridized carbons (Fsp3) is 0.941. The van der Waals surface area contributed by atoms with Gasteiger partial charge in [-0.25, -0.2) is 0 Å². The molecular weight excluding hydrogens is 632 g/mol. The Kier molecular flexibility index (Phi) is 24.6. The van der Waals surface area contributed by atoms with Crippen LogP contribution in [-0.2, 0) is 38.7 Å². The number of aliphatic hydroxyl groups excluding tert-OH is 3. The molecule has 47 heavy (non-hydrogen) atoms. The molecule has 0 amide bonds. The lowest BCUT2D eigenvalue weighted by molar-refractivity contribution is -0.297. The van der Waals surface area contributed by atoms with E-state index in [2.05, 4.69) is 13.8 Å². The average Bonchev–Trinajstić information content (AvgIpc) is 3.02. The Morgan fingerprint density at radius 1 is 0.638 bits per heavy atom. The maximum absolute atomic E-state index is 12.5. The van der Waals surface area contributed by atoms with Gasteiger partial charge in [-0.1, -0.05) is 123 Å². The van der Waals surface area contributed by atoms with Gasteiger partial charge in [-0.15, -0.1) is 0 Å². The summed E-state index contributed by atoms with van der Waals surface area (Å²) < 4.78 is 53.5. The molecular formula is C34H64O12S. The summed E-state index contributed by atoms with van der Waals surface area (Å²) >= 11 is 0. The number of aliphatic hydroxyl groups is 3. The van der Waals surface area contributed by atoms with E-state index in [0.29, 0.717) is 12.8 Å². The molecule has 0 saturated carbocycles. The topological polar surface area (TPSA) is 186 Å². The molecule has 0 radical (unpaired) electrons. The highest BCUT2D eigenvalue weighted by molar-refractivity contribution is 7.85. The van der Waals surface area contributed by atoms with Crippen molar-refractivity contribution in [3.63, 3.8) is 0 Å². The summed E-state index contributed by atoms with van der Waals surface area (Å²) in [5.74, 6) is -1.98. The Balaban J connectivity index is 2.49. The molecule has 0 aromatic heterocycles. The molecule has 0 aromatic rings. The van der Waals surface area contributed by atoms with Gasteiger partial charge < -0.3 is 34.3 Å². The van der Waals surface area contributed by atoms with E-state index in [9.17, 15) is 33.3 Å². The van der Waals surface area contributed by atoms with Crippen molar-refractivity contribution >= 4 is 22.1 Å². The van der Waals surface area contributed by atoms with Gasteiger partial charge in [0, 0.05) is 12.8 Å². The van der Waals surface area contributed by atoms with Crippen LogP contribution in [0.1, 0.15) is 149 Å². The van der Waals surface area contributed by atoms with Crippen LogP contribution in [0.15, 0.2) is 0 Å². The predicted molar refractivity (Wildman–Crippen MR) is 178 cm³/mol. The lowest BCUT2D eigenvalue weighted by atomic mass is 10.00. The predicted octanol–water partition coefficient (Wildman–Crippen LogP) is 5.39. The molecule has 0 aromatic carbocycles. The Hall–Kier alpha value is -1.35. The van der Waals surface area contributed by atoms with E-state index in [-0.39, 0.29) is 19.4 Å². The first kappa shape index (κ1) is 43.7. The van der Waals surface area contributed by atoms with Crippen LogP contribution in [0.3, 0.4) is 0 Å². The Morgan fingerprint density at radius 3 is 1.55 bits per heavy atom. The molecule has 1 saturated heterocycles. The maximum Gasteiger partial charge on any atom is 0.306 e. The number of esters is 2. The largest absolute Gasteiger partial charge is 0.462 e. The van der Waals surface area contributed by atoms with Gasteiger partial charge in [0.25, 0.3) is 10.1 Å². The van der Waals surface area contributed by atoms with Crippen LogP contribution in [0.5, 0.6) is 0 Å². The number of unbranched alkanes of at least 4 members (excludes halogenated alkanes) is 17. The average molecular weight is 697 g/mol. The molecule has 0 bridgehead atoms. The van der Waals surface area contributed by atoms with E-state index in [1.54, 1.807) is 0 Å². The van der Waals surface area contributed by atoms with Crippen molar-refractivity contribution in [2.45, 2.75) is 185 Å². The summed E-state index contributed by atoms with van der Waals surface area (Å²) in [5, 5.41) is 30.6. The Labute approximate surface area is 283 Å². The van der Waals surface area contributed by atoms with Crippen LogP contribution in [0.25, 0.3) is 0 Å². The second kappa shape index (κ2) is 26.5. The van der Waals surface area contributed by atoms with Crippen LogP contribution in [0.4, 0.5) is 0 Å². The molecule has 1 aliphatic heterocycles. The second-order valence-corrected chi connectivity index (χ2v) is 14.4. The molecule has 13 heteroatoms. The zero-order chi connectivity index (χ0) is 34.9. The molecule has 0 aliphatic carbocycles. The second-order valence-electron chi connectivity index (χ2n) is 12.9. The van der Waals surface area contributed by atoms with E-state index in [1.165, 1.54) is 57.8 Å². The standard InChI is InChI=1S/C34H64O12S/c1-3-5-7-9-11-12-13-14-15-16-17-19-20-22-29(35)43-24-27(45-30(36)23-21-18-10-8-6-4-2)25-44-34-33(39)32(38)31(37)28(46-34)26-47(40,41)42/h27-28,31-34,37-39H,3-26H2,1-2H3,(H,40,41,42)/t27-,28-,31-,32+,33-,34-/m1/s1. The minimum absolute atomic E-state index is 0.166. The van der Waals surface area contributed by atoms with Crippen molar-refractivity contribution in [1.82, 2.24) is 0 Å². The van der Waals surface area contributed by atoms with Crippen LogP contribution in [0.2, 0.25) is 0 Å². The Bertz CT molecular complexity index is 915. The van der Waals surface area contributed by atoms with Crippen molar-refractivity contribution in [1.29, 1.82) is 0 Å². The summed E-state index contributed by atoms with van der Waals surface area (Å²) in [5.41, 5.74) is 0. The molecule has 12 nitrogen and oxygen atoms in total. The SMILES string of the molecule is CCCCCCCCCCCCCCCC(=O)OC[C@H](CO[C@@H]1O[C@H](CS(=O)(=O)O)[C@@H](O)[C@H](O)[C@H]1O)OC(=O)CCCCCCCC. The van der Waals surface area contributed by atoms with Gasteiger partial charge >= 0.3 is 11.9 Å². The number of carbonyl (C=O) groups excluding carboxylic acids is 2. The van der Waals surface area contributed by atoms with Crippen LogP contribution >= 0.6 is 0 Å². The molecule has 0 unspecified atom stereocenters. The molecule has 278 valence electrons. The molecule has 1 rings (SSSR count). The van der Waals surface area contributed by atoms with Gasteiger partial charge in [0.2, 0.25) is 0 Å². The van der Waals surface area contributed by atoms with Crippen molar-refractivity contribution in [2.24, 2.45) is 0 Å². The van der Waals surface area contributed by atoms with Crippen molar-refractivity contribution in [3.05, 3.63) is 0 Å². The van der Waals surface area contributed by atoms with E-state index >= 15 is 0 Å². The van der Waals surface area contributed by atoms with Crippen LogP contribution < -0.4 is 0 Å². The number of rotatable bonds is 29. The first-order valence-corrected chi connectivity index (χ1v) is 19.7. The highest BCUT2D eigenvalue weighted by Gasteiger charge is 2.46. The van der Waals surface area contributed by atoms with Crippen LogP contribution in [0, 0.1) is 0 Å². The lowest BCUT2D eigenvalue weighted by Crippen LogP contribution is -2.60. The Morgan fingerprint density at radius 2 is 1.09 bits per heavy atom. The summed E-state index contributed by atoms with van der Waals surface area (Å²) in [6.07, 6.45) is 12.1. The summed E-state index contributed by atoms with van der Waals surface area (Å²) in [4.78, 5) is 25.0. The quantitative estimate of drug-likeness (QED) is 0.0445. The molecule has 6 atom stereocenters. The van der Waals surface area contributed by atoms with Gasteiger partial charge in [-0.05, 0) is 12.8 Å². The van der Waals surface area contributed by atoms with Crippen molar-refractivity contribution in [2.75, 3.05) is 19.0 Å². The zero-order valence-corrected chi connectivity index (χ0v) is 29.7. The number of hydrogen-bond donors (Lipinski definition) is 4. The van der Waals surface area contributed by atoms with Gasteiger partial charge in [0.05, 0.1) is 6.61 Å².